The van der Waals surface area contributed by atoms with Crippen molar-refractivity contribution in [3.05, 3.63) is 68.6 Å². The third-order valence-electron chi connectivity index (χ3n) is 4.59. The summed E-state index contributed by atoms with van der Waals surface area (Å²) in [6.07, 6.45) is 3.07. The summed E-state index contributed by atoms with van der Waals surface area (Å²) in [6.45, 7) is 3.95. The lowest BCUT2D eigenvalue weighted by molar-refractivity contribution is 0.235. The number of nitrogens with one attached hydrogen (secondary N) is 3. The van der Waals surface area contributed by atoms with E-state index in [0.29, 0.717) is 5.56 Å². The second kappa shape index (κ2) is 6.91. The molecule has 126 valence electrons. The topological polar surface area (TPSA) is 74.0 Å². The van der Waals surface area contributed by atoms with Crippen molar-refractivity contribution in [2.75, 3.05) is 0 Å². The van der Waals surface area contributed by atoms with Crippen molar-refractivity contribution < 1.29 is 4.79 Å². The number of hydrogen-bond donors (Lipinski definition) is 3. The van der Waals surface area contributed by atoms with Gasteiger partial charge in [0.25, 0.3) is 5.56 Å². The molecule has 5 heteroatoms. The molecule has 1 aromatic heterocycles. The van der Waals surface area contributed by atoms with Crippen LogP contribution in [-0.2, 0) is 13.0 Å². The molecule has 0 bridgehead atoms. The van der Waals surface area contributed by atoms with E-state index in [-0.39, 0.29) is 24.2 Å². The van der Waals surface area contributed by atoms with Gasteiger partial charge < -0.3 is 15.6 Å². The zero-order valence-corrected chi connectivity index (χ0v) is 14.1. The van der Waals surface area contributed by atoms with Gasteiger partial charge in [0.05, 0.1) is 12.6 Å². The molecule has 3 N–H and O–H groups in total. The van der Waals surface area contributed by atoms with Crippen molar-refractivity contribution in [1.29, 1.82) is 0 Å². The SMILES string of the molecule is Cc1cc(C)c(CNC(=O)NC2CCCc3ccccc32)c(=O)[nH]1. The lowest BCUT2D eigenvalue weighted by Gasteiger charge is -2.26. The van der Waals surface area contributed by atoms with Gasteiger partial charge in [-0.15, -0.1) is 0 Å². The number of urea groups is 1. The van der Waals surface area contributed by atoms with E-state index in [2.05, 4.69) is 27.8 Å². The zero-order chi connectivity index (χ0) is 17.1. The quantitative estimate of drug-likeness (QED) is 0.812. The number of rotatable bonds is 3. The van der Waals surface area contributed by atoms with Crippen molar-refractivity contribution in [2.45, 2.75) is 45.7 Å². The maximum absolute atomic E-state index is 12.2. The molecule has 0 saturated heterocycles. The predicted octanol–water partition coefficient (Wildman–Crippen LogP) is 2.87. The zero-order valence-electron chi connectivity index (χ0n) is 14.1. The third-order valence-corrected chi connectivity index (χ3v) is 4.59. The fourth-order valence-corrected chi connectivity index (χ4v) is 3.38. The fourth-order valence-electron chi connectivity index (χ4n) is 3.38. The second-order valence-electron chi connectivity index (χ2n) is 6.41. The van der Waals surface area contributed by atoms with Gasteiger partial charge in [0, 0.05) is 11.3 Å². The van der Waals surface area contributed by atoms with Gasteiger partial charge in [-0.3, -0.25) is 4.79 Å². The van der Waals surface area contributed by atoms with Gasteiger partial charge in [0.15, 0.2) is 0 Å². The van der Waals surface area contributed by atoms with Crippen LogP contribution in [0.15, 0.2) is 35.1 Å². The second-order valence-corrected chi connectivity index (χ2v) is 6.41. The molecule has 0 radical (unpaired) electrons. The van der Waals surface area contributed by atoms with Crippen LogP contribution in [0, 0.1) is 13.8 Å². The van der Waals surface area contributed by atoms with E-state index in [1.807, 2.05) is 32.0 Å². The largest absolute Gasteiger partial charge is 0.334 e. The fraction of sp³-hybridized carbons (Fsp3) is 0.368. The average molecular weight is 325 g/mol. The summed E-state index contributed by atoms with van der Waals surface area (Å²) in [5.41, 5.74) is 4.67. The van der Waals surface area contributed by atoms with Gasteiger partial charge in [0.2, 0.25) is 0 Å². The number of benzene rings is 1. The van der Waals surface area contributed by atoms with E-state index in [1.54, 1.807) is 0 Å². The van der Waals surface area contributed by atoms with Crippen molar-refractivity contribution in [3.63, 3.8) is 0 Å². The summed E-state index contributed by atoms with van der Waals surface area (Å²) in [7, 11) is 0. The normalized spacial score (nSPS) is 16.3. The van der Waals surface area contributed by atoms with Gasteiger partial charge >= 0.3 is 6.03 Å². The summed E-state index contributed by atoms with van der Waals surface area (Å²) >= 11 is 0. The van der Waals surface area contributed by atoms with E-state index in [1.165, 1.54) is 11.1 Å². The molecule has 1 aliphatic rings. The summed E-state index contributed by atoms with van der Waals surface area (Å²) < 4.78 is 0. The van der Waals surface area contributed by atoms with Crippen LogP contribution in [0.5, 0.6) is 0 Å². The molecule has 24 heavy (non-hydrogen) atoms. The van der Waals surface area contributed by atoms with Crippen molar-refractivity contribution >= 4 is 6.03 Å². The number of hydrogen-bond acceptors (Lipinski definition) is 2. The summed E-state index contributed by atoms with van der Waals surface area (Å²) in [5, 5.41) is 5.84. The van der Waals surface area contributed by atoms with Crippen LogP contribution >= 0.6 is 0 Å². The number of aromatic amines is 1. The number of amides is 2. The molecule has 0 fully saturated rings. The number of H-pyrrole nitrogens is 1. The number of pyridine rings is 1. The first-order valence-electron chi connectivity index (χ1n) is 8.36. The molecule has 1 unspecified atom stereocenters. The molecule has 1 aromatic carbocycles. The first-order valence-corrected chi connectivity index (χ1v) is 8.36. The Morgan fingerprint density at radius 2 is 2.08 bits per heavy atom. The number of fused-ring (bicyclic) bond motifs is 1. The lowest BCUT2D eigenvalue weighted by Crippen LogP contribution is -2.39. The molecule has 0 saturated carbocycles. The smallest absolute Gasteiger partial charge is 0.315 e. The summed E-state index contributed by atoms with van der Waals surface area (Å²) in [6, 6.07) is 9.95. The molecule has 0 spiro atoms. The van der Waals surface area contributed by atoms with Crippen LogP contribution < -0.4 is 16.2 Å². The highest BCUT2D eigenvalue weighted by Crippen LogP contribution is 2.29. The van der Waals surface area contributed by atoms with Crippen LogP contribution in [0.1, 0.15) is 46.8 Å². The molecule has 5 nitrogen and oxygen atoms in total. The molecule has 1 heterocycles. The van der Waals surface area contributed by atoms with Gasteiger partial charge in [-0.2, -0.15) is 0 Å². The highest BCUT2D eigenvalue weighted by Gasteiger charge is 2.21. The van der Waals surface area contributed by atoms with Gasteiger partial charge in [0.1, 0.15) is 0 Å². The standard InChI is InChI=1S/C19H23N3O2/c1-12-10-13(2)21-18(23)16(12)11-20-19(24)22-17-9-5-7-14-6-3-4-8-15(14)17/h3-4,6,8,10,17H,5,7,9,11H2,1-2H3,(H,21,23)(H2,20,22,24). The average Bonchev–Trinajstić information content (AvgIpc) is 2.54. The monoisotopic (exact) mass is 325 g/mol. The van der Waals surface area contributed by atoms with E-state index in [9.17, 15) is 9.59 Å². The summed E-state index contributed by atoms with van der Waals surface area (Å²) in [5.74, 6) is 0. The lowest BCUT2D eigenvalue weighted by atomic mass is 9.88. The number of aryl methyl sites for hydroxylation is 3. The summed E-state index contributed by atoms with van der Waals surface area (Å²) in [4.78, 5) is 27.0. The first kappa shape index (κ1) is 16.3. The van der Waals surface area contributed by atoms with Crippen LogP contribution in [-0.4, -0.2) is 11.0 Å². The van der Waals surface area contributed by atoms with Gasteiger partial charge in [-0.1, -0.05) is 24.3 Å². The van der Waals surface area contributed by atoms with Crippen molar-refractivity contribution in [2.24, 2.45) is 0 Å². The Hall–Kier alpha value is -2.56. The molecular formula is C19H23N3O2. The molecule has 1 aliphatic carbocycles. The third kappa shape index (κ3) is 3.50. The maximum Gasteiger partial charge on any atom is 0.315 e. The molecule has 2 amide bonds. The van der Waals surface area contributed by atoms with E-state index < -0.39 is 0 Å². The Bertz CT molecular complexity index is 810. The van der Waals surface area contributed by atoms with Crippen molar-refractivity contribution in [1.82, 2.24) is 15.6 Å². The number of aromatic nitrogens is 1. The molecular weight excluding hydrogens is 302 g/mol. The van der Waals surface area contributed by atoms with E-state index >= 15 is 0 Å². The van der Waals surface area contributed by atoms with Crippen molar-refractivity contribution in [3.8, 4) is 0 Å². The Morgan fingerprint density at radius 1 is 1.29 bits per heavy atom. The Labute approximate surface area is 141 Å². The highest BCUT2D eigenvalue weighted by atomic mass is 16.2. The Balaban J connectivity index is 1.64. The van der Waals surface area contributed by atoms with Crippen LogP contribution in [0.25, 0.3) is 0 Å². The molecule has 1 atom stereocenters. The maximum atomic E-state index is 12.2. The van der Waals surface area contributed by atoms with Gasteiger partial charge in [-0.25, -0.2) is 4.79 Å². The number of carbonyl (C=O) groups is 1. The minimum Gasteiger partial charge on any atom is -0.334 e. The Morgan fingerprint density at radius 3 is 2.88 bits per heavy atom. The minimum absolute atomic E-state index is 0.0346. The minimum atomic E-state index is -0.240. The van der Waals surface area contributed by atoms with E-state index in [0.717, 1.165) is 30.5 Å². The first-order chi connectivity index (χ1) is 11.5. The predicted molar refractivity (Wildman–Crippen MR) is 94.0 cm³/mol. The molecule has 0 aliphatic heterocycles. The van der Waals surface area contributed by atoms with Crippen LogP contribution in [0.4, 0.5) is 4.79 Å². The number of carbonyl (C=O) groups excluding carboxylic acids is 1. The molecule has 2 aromatic rings. The van der Waals surface area contributed by atoms with E-state index in [4.69, 9.17) is 0 Å². The van der Waals surface area contributed by atoms with Crippen LogP contribution in [0.3, 0.4) is 0 Å². The van der Waals surface area contributed by atoms with Gasteiger partial charge in [-0.05, 0) is 55.9 Å². The Kier molecular flexibility index (Phi) is 4.69. The van der Waals surface area contributed by atoms with Crippen LogP contribution in [0.2, 0.25) is 0 Å². The molecule has 3 rings (SSSR count). The highest BCUT2D eigenvalue weighted by molar-refractivity contribution is 5.74.